The summed E-state index contributed by atoms with van der Waals surface area (Å²) >= 11 is 0. The molecular formula is C24H42. The minimum atomic E-state index is 0.769. The zero-order valence-corrected chi connectivity index (χ0v) is 16.9. The number of hydrogen-bond donors (Lipinski definition) is 0. The monoisotopic (exact) mass is 330 g/mol. The highest BCUT2D eigenvalue weighted by molar-refractivity contribution is 5.08. The standard InChI is InChI=1S/C24H42/c1-5-7-8-17(6-2)22(18-9-11-20-15-23(20,3)13-18)19-10-12-21-16-24(21,4)14-19/h17-22H,5-16H2,1-4H3. The molecule has 4 aliphatic rings. The highest BCUT2D eigenvalue weighted by Gasteiger charge is 2.58. The minimum absolute atomic E-state index is 0.769. The van der Waals surface area contributed by atoms with Crippen LogP contribution in [0.2, 0.25) is 0 Å². The topological polar surface area (TPSA) is 0 Å². The van der Waals surface area contributed by atoms with Gasteiger partial charge in [0.2, 0.25) is 0 Å². The quantitative estimate of drug-likeness (QED) is 0.454. The van der Waals surface area contributed by atoms with Crippen molar-refractivity contribution >= 4 is 0 Å². The Labute approximate surface area is 151 Å². The van der Waals surface area contributed by atoms with Crippen molar-refractivity contribution < 1.29 is 0 Å². The Hall–Kier alpha value is 0. The zero-order chi connectivity index (χ0) is 16.9. The summed E-state index contributed by atoms with van der Waals surface area (Å²) in [6, 6.07) is 0. The second-order valence-corrected chi connectivity index (χ2v) is 11.1. The van der Waals surface area contributed by atoms with Gasteiger partial charge in [-0.1, -0.05) is 53.4 Å². The molecule has 0 nitrogen and oxygen atoms in total. The summed E-state index contributed by atoms with van der Waals surface area (Å²) in [7, 11) is 0. The Morgan fingerprint density at radius 2 is 1.33 bits per heavy atom. The first-order valence-electron chi connectivity index (χ1n) is 11.5. The number of hydrogen-bond acceptors (Lipinski definition) is 0. The van der Waals surface area contributed by atoms with Crippen molar-refractivity contribution in [3.8, 4) is 0 Å². The highest BCUT2D eigenvalue weighted by Crippen LogP contribution is 2.67. The highest BCUT2D eigenvalue weighted by atomic mass is 14.6. The Balaban J connectivity index is 1.51. The third-order valence-electron chi connectivity index (χ3n) is 9.39. The third kappa shape index (κ3) is 3.09. The smallest absolute Gasteiger partial charge is 0.0292 e. The van der Waals surface area contributed by atoms with Crippen molar-refractivity contribution in [2.24, 2.45) is 46.3 Å². The van der Waals surface area contributed by atoms with E-state index in [-0.39, 0.29) is 0 Å². The summed E-state index contributed by atoms with van der Waals surface area (Å²) < 4.78 is 0. The SMILES string of the molecule is CCCCC(CC)C(C1CCC2CC2(C)C1)C1CCC2CC2(C)C1. The molecule has 0 spiro atoms. The fourth-order valence-corrected chi connectivity index (χ4v) is 7.59. The molecule has 4 saturated carbocycles. The Morgan fingerprint density at radius 1 is 0.792 bits per heavy atom. The van der Waals surface area contributed by atoms with Crippen molar-refractivity contribution in [1.82, 2.24) is 0 Å². The second-order valence-electron chi connectivity index (χ2n) is 11.1. The number of unbranched alkanes of at least 4 members (excludes halogenated alkanes) is 1. The van der Waals surface area contributed by atoms with Crippen LogP contribution in [0.4, 0.5) is 0 Å². The van der Waals surface area contributed by atoms with Crippen LogP contribution in [0.15, 0.2) is 0 Å². The first-order valence-corrected chi connectivity index (χ1v) is 11.5. The molecule has 0 saturated heterocycles. The van der Waals surface area contributed by atoms with E-state index in [4.69, 9.17) is 0 Å². The lowest BCUT2D eigenvalue weighted by atomic mass is 9.61. The van der Waals surface area contributed by atoms with Gasteiger partial charge in [-0.3, -0.25) is 0 Å². The van der Waals surface area contributed by atoms with E-state index in [1.165, 1.54) is 25.7 Å². The van der Waals surface area contributed by atoms with Crippen LogP contribution in [0.3, 0.4) is 0 Å². The molecule has 0 heteroatoms. The van der Waals surface area contributed by atoms with Gasteiger partial charge in [0.05, 0.1) is 0 Å². The molecule has 0 aromatic carbocycles. The molecule has 4 fully saturated rings. The maximum Gasteiger partial charge on any atom is -0.0292 e. The van der Waals surface area contributed by atoms with Gasteiger partial charge in [-0.2, -0.15) is 0 Å². The van der Waals surface area contributed by atoms with E-state index in [9.17, 15) is 0 Å². The Morgan fingerprint density at radius 3 is 1.75 bits per heavy atom. The molecular weight excluding hydrogens is 288 g/mol. The van der Waals surface area contributed by atoms with Gasteiger partial charge >= 0.3 is 0 Å². The predicted octanol–water partition coefficient (Wildman–Crippen LogP) is 7.47. The van der Waals surface area contributed by atoms with Crippen molar-refractivity contribution in [2.45, 2.75) is 105 Å². The molecule has 0 N–H and O–H groups in total. The first kappa shape index (κ1) is 17.4. The van der Waals surface area contributed by atoms with Crippen molar-refractivity contribution in [2.75, 3.05) is 0 Å². The minimum Gasteiger partial charge on any atom is -0.0654 e. The van der Waals surface area contributed by atoms with Gasteiger partial charge in [-0.15, -0.1) is 0 Å². The van der Waals surface area contributed by atoms with Crippen molar-refractivity contribution in [3.05, 3.63) is 0 Å². The van der Waals surface area contributed by atoms with Gasteiger partial charge in [0.25, 0.3) is 0 Å². The lowest BCUT2D eigenvalue weighted by molar-refractivity contribution is 0.0506. The Kier molecular flexibility index (Phi) is 4.58. The zero-order valence-electron chi connectivity index (χ0n) is 16.9. The number of fused-ring (bicyclic) bond motifs is 2. The maximum absolute atomic E-state index is 2.62. The fourth-order valence-electron chi connectivity index (χ4n) is 7.59. The van der Waals surface area contributed by atoms with E-state index in [0.717, 1.165) is 46.3 Å². The third-order valence-corrected chi connectivity index (χ3v) is 9.39. The summed E-state index contributed by atoms with van der Waals surface area (Å²) in [6.07, 6.45) is 18.4. The number of rotatable bonds is 7. The van der Waals surface area contributed by atoms with Gasteiger partial charge in [0.1, 0.15) is 0 Å². The molecule has 0 amide bonds. The summed E-state index contributed by atoms with van der Waals surface area (Å²) in [5, 5.41) is 0. The molecule has 0 bridgehead atoms. The lowest BCUT2D eigenvalue weighted by Crippen LogP contribution is -2.36. The average molecular weight is 331 g/mol. The summed E-state index contributed by atoms with van der Waals surface area (Å²) in [4.78, 5) is 0. The van der Waals surface area contributed by atoms with Crippen LogP contribution < -0.4 is 0 Å². The largest absolute Gasteiger partial charge is 0.0654 e. The molecule has 24 heavy (non-hydrogen) atoms. The van der Waals surface area contributed by atoms with Crippen LogP contribution in [0.1, 0.15) is 105 Å². The normalized spacial score (nSPS) is 49.0. The van der Waals surface area contributed by atoms with E-state index in [1.807, 2.05) is 0 Å². The lowest BCUT2D eigenvalue weighted by Gasteiger charge is -2.44. The fraction of sp³-hybridized carbons (Fsp3) is 1.00. The molecule has 0 aliphatic heterocycles. The van der Waals surface area contributed by atoms with Crippen LogP contribution in [0.5, 0.6) is 0 Å². The van der Waals surface area contributed by atoms with E-state index in [2.05, 4.69) is 27.7 Å². The van der Waals surface area contributed by atoms with E-state index in [0.29, 0.717) is 0 Å². The van der Waals surface area contributed by atoms with Crippen LogP contribution in [-0.4, -0.2) is 0 Å². The average Bonchev–Trinajstić information content (AvgIpc) is 3.42. The van der Waals surface area contributed by atoms with E-state index < -0.39 is 0 Å². The van der Waals surface area contributed by atoms with Crippen molar-refractivity contribution in [1.29, 1.82) is 0 Å². The van der Waals surface area contributed by atoms with Gasteiger partial charge in [0.15, 0.2) is 0 Å². The summed E-state index contributed by atoms with van der Waals surface area (Å²) in [5.41, 5.74) is 1.54. The van der Waals surface area contributed by atoms with Crippen LogP contribution in [0, 0.1) is 46.3 Å². The summed E-state index contributed by atoms with van der Waals surface area (Å²) in [6.45, 7) is 10.1. The predicted molar refractivity (Wildman–Crippen MR) is 104 cm³/mol. The molecule has 0 heterocycles. The van der Waals surface area contributed by atoms with Gasteiger partial charge < -0.3 is 0 Å². The molecule has 0 radical (unpaired) electrons. The molecule has 0 aromatic rings. The van der Waals surface area contributed by atoms with Gasteiger partial charge in [0, 0.05) is 0 Å². The van der Waals surface area contributed by atoms with E-state index >= 15 is 0 Å². The first-order chi connectivity index (χ1) is 11.5. The van der Waals surface area contributed by atoms with Gasteiger partial charge in [-0.05, 0) is 97.7 Å². The van der Waals surface area contributed by atoms with E-state index in [1.54, 1.807) is 51.4 Å². The molecule has 4 rings (SSSR count). The molecule has 7 unspecified atom stereocenters. The van der Waals surface area contributed by atoms with Crippen LogP contribution >= 0.6 is 0 Å². The molecule has 138 valence electrons. The molecule has 0 aromatic heterocycles. The van der Waals surface area contributed by atoms with Crippen molar-refractivity contribution in [3.63, 3.8) is 0 Å². The van der Waals surface area contributed by atoms with Crippen LogP contribution in [-0.2, 0) is 0 Å². The maximum atomic E-state index is 2.62. The summed E-state index contributed by atoms with van der Waals surface area (Å²) in [5.74, 6) is 6.46. The van der Waals surface area contributed by atoms with Gasteiger partial charge in [-0.25, -0.2) is 0 Å². The second kappa shape index (κ2) is 6.31. The molecule has 7 atom stereocenters. The Bertz CT molecular complexity index is 419. The molecule has 4 aliphatic carbocycles. The van der Waals surface area contributed by atoms with Crippen LogP contribution in [0.25, 0.3) is 0 Å².